The fraction of sp³-hybridized carbons (Fsp3) is 0. The zero-order valence-electron chi connectivity index (χ0n) is 6.77. The molecule has 5 nitrogen and oxygen atoms in total. The van der Waals surface area contributed by atoms with Crippen molar-refractivity contribution in [1.82, 2.24) is 9.66 Å². The van der Waals surface area contributed by atoms with Crippen LogP contribution in [0.15, 0.2) is 30.6 Å². The van der Waals surface area contributed by atoms with Gasteiger partial charge in [0.2, 0.25) is 0 Å². The van der Waals surface area contributed by atoms with E-state index in [-0.39, 0.29) is 0 Å². The fourth-order valence-corrected chi connectivity index (χ4v) is 1.17. The second-order valence-electron chi connectivity index (χ2n) is 2.58. The summed E-state index contributed by atoms with van der Waals surface area (Å²) in [4.78, 5) is 14.6. The fourth-order valence-electron chi connectivity index (χ4n) is 1.17. The number of nitrogens with two attached hydrogens (primary N) is 1. The molecule has 0 aliphatic heterocycles. The molecule has 1 heterocycles. The highest BCUT2D eigenvalue weighted by Gasteiger charge is 2.01. The molecule has 5 heteroatoms. The first kappa shape index (κ1) is 7.60. The van der Waals surface area contributed by atoms with Gasteiger partial charge in [0.1, 0.15) is 6.33 Å². The predicted octanol–water partition coefficient (Wildman–Crippen LogP) is 0.658. The minimum absolute atomic E-state index is 0.608. The van der Waals surface area contributed by atoms with Crippen LogP contribution in [0.5, 0.6) is 0 Å². The number of nitrogens with one attached hydrogen (secondary N) is 1. The van der Waals surface area contributed by atoms with Crippen LogP contribution in [0.2, 0.25) is 0 Å². The van der Waals surface area contributed by atoms with Crippen LogP contribution in [-0.2, 0) is 0 Å². The molecular formula is C8H8N4O. The van der Waals surface area contributed by atoms with Gasteiger partial charge in [-0.05, 0) is 12.1 Å². The van der Waals surface area contributed by atoms with Gasteiger partial charge >= 0.3 is 6.03 Å². The summed E-state index contributed by atoms with van der Waals surface area (Å²) in [6.07, 6.45) is 1.51. The molecule has 0 aliphatic rings. The van der Waals surface area contributed by atoms with Crippen molar-refractivity contribution in [3.05, 3.63) is 30.6 Å². The summed E-state index contributed by atoms with van der Waals surface area (Å²) in [7, 11) is 0. The highest BCUT2D eigenvalue weighted by atomic mass is 16.2. The van der Waals surface area contributed by atoms with Crippen molar-refractivity contribution in [3.63, 3.8) is 0 Å². The van der Waals surface area contributed by atoms with Crippen molar-refractivity contribution in [2.24, 2.45) is 5.73 Å². The molecule has 66 valence electrons. The summed E-state index contributed by atoms with van der Waals surface area (Å²) in [6, 6.07) is 6.84. The largest absolute Gasteiger partial charge is 0.350 e. The van der Waals surface area contributed by atoms with Gasteiger partial charge in [0.05, 0.1) is 11.0 Å². The van der Waals surface area contributed by atoms with Crippen LogP contribution < -0.4 is 11.2 Å². The lowest BCUT2D eigenvalue weighted by Crippen LogP contribution is -2.27. The summed E-state index contributed by atoms with van der Waals surface area (Å²) in [5, 5.41) is 0. The molecule has 0 bridgehead atoms. The number of aromatic nitrogens is 2. The second kappa shape index (κ2) is 2.78. The monoisotopic (exact) mass is 176 g/mol. The number of primary amides is 1. The van der Waals surface area contributed by atoms with E-state index < -0.39 is 6.03 Å². The van der Waals surface area contributed by atoms with Crippen LogP contribution in [0.4, 0.5) is 4.79 Å². The van der Waals surface area contributed by atoms with Crippen molar-refractivity contribution >= 4 is 17.1 Å². The molecule has 0 unspecified atom stereocenters. The Kier molecular flexibility index (Phi) is 1.63. The minimum Gasteiger partial charge on any atom is -0.350 e. The van der Waals surface area contributed by atoms with Crippen molar-refractivity contribution in [2.45, 2.75) is 0 Å². The van der Waals surface area contributed by atoms with E-state index in [1.165, 1.54) is 11.0 Å². The lowest BCUT2D eigenvalue weighted by molar-refractivity contribution is 0.257. The second-order valence-corrected chi connectivity index (χ2v) is 2.58. The maximum atomic E-state index is 10.6. The first-order valence-corrected chi connectivity index (χ1v) is 3.76. The molecule has 1 aromatic heterocycles. The molecule has 1 aromatic carbocycles. The molecule has 0 spiro atoms. The van der Waals surface area contributed by atoms with Crippen LogP contribution in [-0.4, -0.2) is 15.7 Å². The van der Waals surface area contributed by atoms with Gasteiger partial charge in [0.15, 0.2) is 0 Å². The third-order valence-corrected chi connectivity index (χ3v) is 1.68. The predicted molar refractivity (Wildman–Crippen MR) is 48.7 cm³/mol. The lowest BCUT2D eigenvalue weighted by atomic mass is 10.3. The molecule has 0 saturated heterocycles. The SMILES string of the molecule is NC(=O)Nn1cnc2ccccc21. The zero-order valence-corrected chi connectivity index (χ0v) is 6.77. The molecule has 0 aliphatic carbocycles. The summed E-state index contributed by atoms with van der Waals surface area (Å²) < 4.78 is 1.48. The smallest absolute Gasteiger partial charge is 0.331 e. The number of carbonyl (C=O) groups is 1. The van der Waals surface area contributed by atoms with E-state index in [0.717, 1.165) is 11.0 Å². The standard InChI is InChI=1S/C8H8N4O/c9-8(13)11-12-5-10-6-3-1-2-4-7(6)12/h1-5H,(H3,9,11,13). The van der Waals surface area contributed by atoms with Crippen LogP contribution in [0.1, 0.15) is 0 Å². The average molecular weight is 176 g/mol. The van der Waals surface area contributed by atoms with E-state index in [0.29, 0.717) is 0 Å². The zero-order chi connectivity index (χ0) is 9.26. The van der Waals surface area contributed by atoms with Gasteiger partial charge in [-0.25, -0.2) is 19.9 Å². The minimum atomic E-state index is -0.608. The average Bonchev–Trinajstić information content (AvgIpc) is 2.48. The summed E-state index contributed by atoms with van der Waals surface area (Å²) in [6.45, 7) is 0. The third-order valence-electron chi connectivity index (χ3n) is 1.68. The Morgan fingerprint density at radius 2 is 2.23 bits per heavy atom. The Balaban J connectivity index is 2.51. The third kappa shape index (κ3) is 1.31. The van der Waals surface area contributed by atoms with Crippen molar-refractivity contribution in [2.75, 3.05) is 5.43 Å². The number of hydrogen-bond donors (Lipinski definition) is 2. The van der Waals surface area contributed by atoms with Crippen LogP contribution >= 0.6 is 0 Å². The number of imidazole rings is 1. The number of nitrogens with zero attached hydrogens (tertiary/aromatic N) is 2. The highest BCUT2D eigenvalue weighted by Crippen LogP contribution is 2.09. The molecule has 2 amide bonds. The number of benzene rings is 1. The maximum absolute atomic E-state index is 10.6. The number of rotatable bonds is 1. The van der Waals surface area contributed by atoms with Crippen LogP contribution in [0.25, 0.3) is 11.0 Å². The summed E-state index contributed by atoms with van der Waals surface area (Å²) >= 11 is 0. The number of hydrogen-bond acceptors (Lipinski definition) is 2. The Bertz CT molecular complexity index is 448. The van der Waals surface area contributed by atoms with Gasteiger partial charge in [-0.1, -0.05) is 12.1 Å². The number of urea groups is 1. The molecule has 0 fully saturated rings. The molecule has 3 N–H and O–H groups in total. The molecule has 13 heavy (non-hydrogen) atoms. The molecule has 2 rings (SSSR count). The Labute approximate surface area is 74.1 Å². The van der Waals surface area contributed by atoms with Gasteiger partial charge in [-0.15, -0.1) is 0 Å². The Hall–Kier alpha value is -2.04. The first-order valence-electron chi connectivity index (χ1n) is 3.76. The number of para-hydroxylation sites is 2. The van der Waals surface area contributed by atoms with E-state index in [4.69, 9.17) is 5.73 Å². The van der Waals surface area contributed by atoms with Crippen molar-refractivity contribution < 1.29 is 4.79 Å². The molecule has 0 saturated carbocycles. The first-order chi connectivity index (χ1) is 6.27. The summed E-state index contributed by atoms with van der Waals surface area (Å²) in [5.41, 5.74) is 9.03. The van der Waals surface area contributed by atoms with E-state index in [2.05, 4.69) is 10.4 Å². The van der Waals surface area contributed by atoms with Crippen LogP contribution in [0.3, 0.4) is 0 Å². The van der Waals surface area contributed by atoms with Gasteiger partial charge in [0, 0.05) is 0 Å². The van der Waals surface area contributed by atoms with E-state index in [1.807, 2.05) is 24.3 Å². The number of fused-ring (bicyclic) bond motifs is 1. The Morgan fingerprint density at radius 3 is 3.00 bits per heavy atom. The topological polar surface area (TPSA) is 72.9 Å². The Morgan fingerprint density at radius 1 is 1.46 bits per heavy atom. The number of carbonyl (C=O) groups excluding carboxylic acids is 1. The van der Waals surface area contributed by atoms with Crippen LogP contribution in [0, 0.1) is 0 Å². The number of amides is 2. The normalized spacial score (nSPS) is 10.2. The highest BCUT2D eigenvalue weighted by molar-refractivity contribution is 5.83. The molecular weight excluding hydrogens is 168 g/mol. The molecule has 2 aromatic rings. The van der Waals surface area contributed by atoms with Gasteiger partial charge < -0.3 is 5.73 Å². The lowest BCUT2D eigenvalue weighted by Gasteiger charge is -2.01. The molecule has 0 atom stereocenters. The van der Waals surface area contributed by atoms with E-state index in [9.17, 15) is 4.79 Å². The van der Waals surface area contributed by atoms with E-state index in [1.54, 1.807) is 0 Å². The summed E-state index contributed by atoms with van der Waals surface area (Å²) in [5.74, 6) is 0. The quantitative estimate of drug-likeness (QED) is 0.669. The van der Waals surface area contributed by atoms with Gasteiger partial charge in [0.25, 0.3) is 0 Å². The van der Waals surface area contributed by atoms with Gasteiger partial charge in [-0.2, -0.15) is 0 Å². The van der Waals surface area contributed by atoms with E-state index >= 15 is 0 Å². The maximum Gasteiger partial charge on any atom is 0.331 e. The van der Waals surface area contributed by atoms with Crippen molar-refractivity contribution in [1.29, 1.82) is 0 Å². The molecule has 0 radical (unpaired) electrons. The van der Waals surface area contributed by atoms with Crippen molar-refractivity contribution in [3.8, 4) is 0 Å². The van der Waals surface area contributed by atoms with Gasteiger partial charge in [-0.3, -0.25) is 0 Å².